The van der Waals surface area contributed by atoms with E-state index in [9.17, 15) is 5.11 Å². The SMILES string of the molecule is CCC1CC1(O)c1ccc(Br)cc1OC. The third kappa shape index (κ3) is 1.79. The maximum Gasteiger partial charge on any atom is 0.126 e. The zero-order chi connectivity index (χ0) is 11.1. The first-order valence-electron chi connectivity index (χ1n) is 5.18. The molecule has 2 nitrogen and oxygen atoms in total. The fraction of sp³-hybridized carbons (Fsp3) is 0.500. The number of ether oxygens (including phenoxy) is 1. The Labute approximate surface area is 98.4 Å². The molecule has 2 rings (SSSR count). The van der Waals surface area contributed by atoms with Crippen molar-refractivity contribution in [3.8, 4) is 5.75 Å². The van der Waals surface area contributed by atoms with Crippen LogP contribution in [0.25, 0.3) is 0 Å². The molecule has 0 bridgehead atoms. The molecule has 0 aromatic heterocycles. The molecule has 1 aliphatic carbocycles. The van der Waals surface area contributed by atoms with Crippen LogP contribution in [0.5, 0.6) is 5.75 Å². The van der Waals surface area contributed by atoms with Crippen LogP contribution in [0.2, 0.25) is 0 Å². The predicted molar refractivity (Wildman–Crippen MR) is 63.0 cm³/mol. The minimum atomic E-state index is -0.652. The fourth-order valence-electron chi connectivity index (χ4n) is 2.15. The lowest BCUT2D eigenvalue weighted by molar-refractivity contribution is 0.126. The first-order chi connectivity index (χ1) is 7.11. The van der Waals surface area contributed by atoms with Crippen molar-refractivity contribution in [2.24, 2.45) is 5.92 Å². The summed E-state index contributed by atoms with van der Waals surface area (Å²) in [6, 6.07) is 5.79. The summed E-state index contributed by atoms with van der Waals surface area (Å²) in [7, 11) is 1.64. The van der Waals surface area contributed by atoms with E-state index in [1.165, 1.54) is 0 Å². The molecule has 0 saturated heterocycles. The lowest BCUT2D eigenvalue weighted by Gasteiger charge is -2.15. The van der Waals surface area contributed by atoms with Gasteiger partial charge in [-0.1, -0.05) is 35.3 Å². The van der Waals surface area contributed by atoms with E-state index >= 15 is 0 Å². The summed E-state index contributed by atoms with van der Waals surface area (Å²) >= 11 is 3.39. The monoisotopic (exact) mass is 270 g/mol. The van der Waals surface area contributed by atoms with Gasteiger partial charge in [0.2, 0.25) is 0 Å². The molecule has 1 aromatic carbocycles. The lowest BCUT2D eigenvalue weighted by atomic mass is 10.0. The summed E-state index contributed by atoms with van der Waals surface area (Å²) in [5, 5.41) is 10.4. The normalized spacial score (nSPS) is 28.9. The van der Waals surface area contributed by atoms with Gasteiger partial charge < -0.3 is 9.84 Å². The summed E-state index contributed by atoms with van der Waals surface area (Å²) in [6.45, 7) is 2.11. The van der Waals surface area contributed by atoms with Crippen LogP contribution in [0.1, 0.15) is 25.3 Å². The second-order valence-corrected chi connectivity index (χ2v) is 4.99. The average Bonchev–Trinajstić information content (AvgIpc) is 2.90. The van der Waals surface area contributed by atoms with Gasteiger partial charge in [0.25, 0.3) is 0 Å². The topological polar surface area (TPSA) is 29.5 Å². The van der Waals surface area contributed by atoms with Crippen molar-refractivity contribution in [1.29, 1.82) is 0 Å². The second kappa shape index (κ2) is 3.80. The van der Waals surface area contributed by atoms with Crippen LogP contribution in [0.3, 0.4) is 0 Å². The molecule has 0 radical (unpaired) electrons. The van der Waals surface area contributed by atoms with Gasteiger partial charge in [0.05, 0.1) is 12.7 Å². The first kappa shape index (κ1) is 11.0. The number of hydrogen-bond acceptors (Lipinski definition) is 2. The fourth-order valence-corrected chi connectivity index (χ4v) is 2.49. The predicted octanol–water partition coefficient (Wildman–Crippen LogP) is 3.08. The highest BCUT2D eigenvalue weighted by molar-refractivity contribution is 9.10. The molecule has 0 spiro atoms. The molecule has 0 amide bonds. The number of halogens is 1. The van der Waals surface area contributed by atoms with E-state index in [1.807, 2.05) is 18.2 Å². The molecule has 0 aliphatic heterocycles. The van der Waals surface area contributed by atoms with Crippen molar-refractivity contribution < 1.29 is 9.84 Å². The summed E-state index contributed by atoms with van der Waals surface area (Å²) < 4.78 is 6.27. The van der Waals surface area contributed by atoms with Gasteiger partial charge in [0, 0.05) is 10.0 Å². The Morgan fingerprint density at radius 1 is 1.60 bits per heavy atom. The minimum Gasteiger partial charge on any atom is -0.496 e. The van der Waals surface area contributed by atoms with Gasteiger partial charge in [0.1, 0.15) is 5.75 Å². The van der Waals surface area contributed by atoms with Crippen molar-refractivity contribution in [3.63, 3.8) is 0 Å². The Hall–Kier alpha value is -0.540. The zero-order valence-electron chi connectivity index (χ0n) is 8.96. The van der Waals surface area contributed by atoms with Crippen LogP contribution >= 0.6 is 15.9 Å². The molecule has 1 aliphatic rings. The van der Waals surface area contributed by atoms with Crippen LogP contribution < -0.4 is 4.74 Å². The highest BCUT2D eigenvalue weighted by atomic mass is 79.9. The number of methoxy groups -OCH3 is 1. The Kier molecular flexibility index (Phi) is 2.77. The Morgan fingerprint density at radius 2 is 2.33 bits per heavy atom. The molecular weight excluding hydrogens is 256 g/mol. The van der Waals surface area contributed by atoms with Gasteiger partial charge in [0.15, 0.2) is 0 Å². The molecule has 82 valence electrons. The van der Waals surface area contributed by atoms with Crippen molar-refractivity contribution in [2.45, 2.75) is 25.4 Å². The molecule has 2 atom stereocenters. The van der Waals surface area contributed by atoms with Crippen molar-refractivity contribution in [1.82, 2.24) is 0 Å². The summed E-state index contributed by atoms with van der Waals surface area (Å²) in [5.74, 6) is 1.15. The summed E-state index contributed by atoms with van der Waals surface area (Å²) in [5.41, 5.74) is 0.265. The minimum absolute atomic E-state index is 0.382. The molecule has 3 heteroatoms. The van der Waals surface area contributed by atoms with E-state index in [4.69, 9.17) is 4.74 Å². The molecule has 1 saturated carbocycles. The molecule has 0 heterocycles. The van der Waals surface area contributed by atoms with Gasteiger partial charge in [-0.15, -0.1) is 0 Å². The largest absolute Gasteiger partial charge is 0.496 e. The maximum absolute atomic E-state index is 10.4. The maximum atomic E-state index is 10.4. The number of benzene rings is 1. The standard InChI is InChI=1S/C12H15BrO2/c1-3-8-7-12(8,14)10-5-4-9(13)6-11(10)15-2/h4-6,8,14H,3,7H2,1-2H3. The van der Waals surface area contributed by atoms with E-state index in [0.29, 0.717) is 5.92 Å². The summed E-state index contributed by atoms with van der Waals surface area (Å²) in [4.78, 5) is 0. The molecule has 15 heavy (non-hydrogen) atoms. The molecular formula is C12H15BrO2. The van der Waals surface area contributed by atoms with Crippen molar-refractivity contribution in [2.75, 3.05) is 7.11 Å². The van der Waals surface area contributed by atoms with Crippen molar-refractivity contribution in [3.05, 3.63) is 28.2 Å². The van der Waals surface area contributed by atoms with E-state index < -0.39 is 5.60 Å². The van der Waals surface area contributed by atoms with Gasteiger partial charge in [-0.3, -0.25) is 0 Å². The molecule has 1 N–H and O–H groups in total. The first-order valence-corrected chi connectivity index (χ1v) is 5.97. The van der Waals surface area contributed by atoms with Crippen LogP contribution in [0, 0.1) is 5.92 Å². The van der Waals surface area contributed by atoms with Crippen LogP contribution in [0.15, 0.2) is 22.7 Å². The molecule has 1 fully saturated rings. The highest BCUT2D eigenvalue weighted by Crippen LogP contribution is 2.56. The molecule has 1 aromatic rings. The summed E-state index contributed by atoms with van der Waals surface area (Å²) in [6.07, 6.45) is 1.86. The highest BCUT2D eigenvalue weighted by Gasteiger charge is 2.54. The Bertz CT molecular complexity index is 378. The van der Waals surface area contributed by atoms with E-state index in [0.717, 1.165) is 28.6 Å². The second-order valence-electron chi connectivity index (χ2n) is 4.08. The van der Waals surface area contributed by atoms with E-state index in [-0.39, 0.29) is 0 Å². The van der Waals surface area contributed by atoms with Gasteiger partial charge >= 0.3 is 0 Å². The zero-order valence-corrected chi connectivity index (χ0v) is 10.5. The number of hydrogen-bond donors (Lipinski definition) is 1. The average molecular weight is 271 g/mol. The third-order valence-corrected chi connectivity index (χ3v) is 3.69. The van der Waals surface area contributed by atoms with Crippen molar-refractivity contribution >= 4 is 15.9 Å². The number of aliphatic hydroxyl groups is 1. The quantitative estimate of drug-likeness (QED) is 0.915. The van der Waals surface area contributed by atoms with Gasteiger partial charge in [-0.2, -0.15) is 0 Å². The van der Waals surface area contributed by atoms with Crippen LogP contribution in [-0.2, 0) is 5.60 Å². The Morgan fingerprint density at radius 3 is 2.87 bits per heavy atom. The van der Waals surface area contributed by atoms with E-state index in [2.05, 4.69) is 22.9 Å². The van der Waals surface area contributed by atoms with Gasteiger partial charge in [-0.05, 0) is 24.5 Å². The molecule has 2 unspecified atom stereocenters. The van der Waals surface area contributed by atoms with Crippen LogP contribution in [-0.4, -0.2) is 12.2 Å². The smallest absolute Gasteiger partial charge is 0.126 e. The van der Waals surface area contributed by atoms with E-state index in [1.54, 1.807) is 7.11 Å². The lowest BCUT2D eigenvalue weighted by Crippen LogP contribution is -2.10. The Balaban J connectivity index is 2.37. The number of rotatable bonds is 3. The van der Waals surface area contributed by atoms with Gasteiger partial charge in [-0.25, -0.2) is 0 Å². The third-order valence-electron chi connectivity index (χ3n) is 3.20. The van der Waals surface area contributed by atoms with Crippen LogP contribution in [0.4, 0.5) is 0 Å².